The van der Waals surface area contributed by atoms with Gasteiger partial charge in [-0.2, -0.15) is 18.7 Å². The van der Waals surface area contributed by atoms with Gasteiger partial charge in [-0.15, -0.1) is 0 Å². The number of ether oxygens (including phenoxy) is 1. The van der Waals surface area contributed by atoms with Crippen LogP contribution in [0.4, 0.5) is 13.2 Å². The van der Waals surface area contributed by atoms with E-state index in [-0.39, 0.29) is 12.4 Å². The van der Waals surface area contributed by atoms with Gasteiger partial charge in [0.15, 0.2) is 6.23 Å². The Morgan fingerprint density at radius 2 is 1.82 bits per heavy atom. The zero-order valence-electron chi connectivity index (χ0n) is 19.6. The molecule has 6 atom stereocenters. The molecule has 5 aliphatic rings. The molecule has 0 aromatic carbocycles. The van der Waals surface area contributed by atoms with Gasteiger partial charge in [0.25, 0.3) is 0 Å². The van der Waals surface area contributed by atoms with Gasteiger partial charge in [-0.1, -0.05) is 0 Å². The predicted molar refractivity (Wildman–Crippen MR) is 116 cm³/mol. The summed E-state index contributed by atoms with van der Waals surface area (Å²) in [6, 6.07) is 0.382. The average molecular weight is 478 g/mol. The highest BCUT2D eigenvalue weighted by Crippen LogP contribution is 2.39. The Hall–Kier alpha value is -0.490. The zero-order valence-corrected chi connectivity index (χ0v) is 19.6. The summed E-state index contributed by atoms with van der Waals surface area (Å²) in [5, 5.41) is 6.24. The van der Waals surface area contributed by atoms with Crippen molar-refractivity contribution in [3.05, 3.63) is 0 Å². The Morgan fingerprint density at radius 1 is 1.03 bits per heavy atom. The smallest absolute Gasteiger partial charge is 0.379 e. The Bertz CT molecular complexity index is 628. The number of morpholine rings is 1. The lowest BCUT2D eigenvalue weighted by atomic mass is 9.81. The monoisotopic (exact) mass is 477 g/mol. The normalized spacial score (nSPS) is 43.7. The van der Waals surface area contributed by atoms with E-state index < -0.39 is 12.1 Å². The molecule has 33 heavy (non-hydrogen) atoms. The fourth-order valence-electron chi connectivity index (χ4n) is 6.98. The molecular weight excluding hydrogens is 435 g/mol. The molecule has 0 aromatic rings. The van der Waals surface area contributed by atoms with E-state index in [1.54, 1.807) is 0 Å². The lowest BCUT2D eigenvalue weighted by Gasteiger charge is -2.38. The molecule has 0 amide bonds. The fourth-order valence-corrected chi connectivity index (χ4v) is 6.98. The predicted octanol–water partition coefficient (Wildman–Crippen LogP) is -0.189. The molecular formula is C23H42F3N5O2+2. The molecule has 5 rings (SSSR count). The molecule has 5 unspecified atom stereocenters. The SMILES string of the molecule is FC(F)(F)C1CCC(C[NH+]2CCC[C@H]2C2NC(C3CC[NH2+]C(N4CCOCC4)C3)NO2)CC1. The summed E-state index contributed by atoms with van der Waals surface area (Å²) in [6.07, 6.45) is 3.30. The molecule has 4 heterocycles. The van der Waals surface area contributed by atoms with E-state index in [0.717, 1.165) is 58.8 Å². The number of nitrogens with two attached hydrogens (primary N) is 1. The van der Waals surface area contributed by atoms with Gasteiger partial charge in [0.1, 0.15) is 12.2 Å². The number of quaternary nitrogens is 2. The number of likely N-dealkylation sites (tertiary alicyclic amines) is 1. The van der Waals surface area contributed by atoms with Gasteiger partial charge >= 0.3 is 6.18 Å². The van der Waals surface area contributed by atoms with E-state index in [1.165, 1.54) is 17.7 Å². The standard InChI is InChI=1S/C23H40F3N5O2/c24-23(25,26)18-5-3-16(4-6-18)15-31-9-1-2-19(31)22-28-21(29-33-22)17-7-8-27-20(14-17)30-10-12-32-13-11-30/h16-22,27-29H,1-15H2/p+2/t16?,17?,18?,19-,20?,21?,22?/m0/s1. The quantitative estimate of drug-likeness (QED) is 0.442. The minimum atomic E-state index is -4.02. The van der Waals surface area contributed by atoms with Gasteiger partial charge < -0.3 is 15.0 Å². The summed E-state index contributed by atoms with van der Waals surface area (Å²) < 4.78 is 44.6. The van der Waals surface area contributed by atoms with Gasteiger partial charge in [0.2, 0.25) is 0 Å². The second-order valence-electron chi connectivity index (χ2n) is 10.9. The Morgan fingerprint density at radius 3 is 2.58 bits per heavy atom. The number of nitrogens with one attached hydrogen (secondary N) is 3. The molecule has 190 valence electrons. The maximum atomic E-state index is 13.0. The van der Waals surface area contributed by atoms with Gasteiger partial charge in [0.05, 0.1) is 44.9 Å². The van der Waals surface area contributed by atoms with Crippen molar-refractivity contribution in [1.29, 1.82) is 0 Å². The van der Waals surface area contributed by atoms with Crippen LogP contribution < -0.4 is 21.0 Å². The fraction of sp³-hybridized carbons (Fsp3) is 1.00. The number of alkyl halides is 3. The van der Waals surface area contributed by atoms with Gasteiger partial charge in [-0.05, 0) is 25.7 Å². The highest BCUT2D eigenvalue weighted by Gasteiger charge is 2.46. The first-order valence-electron chi connectivity index (χ1n) is 13.2. The minimum Gasteiger partial charge on any atom is -0.379 e. The highest BCUT2D eigenvalue weighted by atomic mass is 19.4. The lowest BCUT2D eigenvalue weighted by molar-refractivity contribution is -0.919. The second kappa shape index (κ2) is 10.6. The van der Waals surface area contributed by atoms with Crippen molar-refractivity contribution < 1.29 is 33.0 Å². The molecule has 5 N–H and O–H groups in total. The van der Waals surface area contributed by atoms with Crippen molar-refractivity contribution >= 4 is 0 Å². The van der Waals surface area contributed by atoms with Crippen molar-refractivity contribution in [2.45, 2.75) is 82.1 Å². The number of halogens is 3. The van der Waals surface area contributed by atoms with Crippen LogP contribution in [0.3, 0.4) is 0 Å². The summed E-state index contributed by atoms with van der Waals surface area (Å²) >= 11 is 0. The molecule has 7 nitrogen and oxygen atoms in total. The first-order valence-corrected chi connectivity index (χ1v) is 13.2. The number of nitrogens with zero attached hydrogens (tertiary/aromatic N) is 1. The van der Waals surface area contributed by atoms with E-state index in [9.17, 15) is 13.2 Å². The maximum absolute atomic E-state index is 13.0. The van der Waals surface area contributed by atoms with Crippen LogP contribution >= 0.6 is 0 Å². The molecule has 5 fully saturated rings. The molecule has 0 bridgehead atoms. The van der Waals surface area contributed by atoms with Crippen molar-refractivity contribution in [1.82, 2.24) is 15.7 Å². The van der Waals surface area contributed by atoms with E-state index >= 15 is 0 Å². The molecule has 10 heteroatoms. The van der Waals surface area contributed by atoms with Crippen LogP contribution in [0.25, 0.3) is 0 Å². The van der Waals surface area contributed by atoms with E-state index in [1.807, 2.05) is 0 Å². The van der Waals surface area contributed by atoms with Crippen molar-refractivity contribution in [3.63, 3.8) is 0 Å². The van der Waals surface area contributed by atoms with Crippen molar-refractivity contribution in [3.8, 4) is 0 Å². The van der Waals surface area contributed by atoms with Gasteiger partial charge in [0, 0.05) is 50.6 Å². The summed E-state index contributed by atoms with van der Waals surface area (Å²) in [5.41, 5.74) is 3.32. The molecule has 0 spiro atoms. The summed E-state index contributed by atoms with van der Waals surface area (Å²) in [5.74, 6) is -0.139. The second-order valence-corrected chi connectivity index (χ2v) is 10.9. The van der Waals surface area contributed by atoms with Crippen LogP contribution in [-0.2, 0) is 9.57 Å². The average Bonchev–Trinajstić information content (AvgIpc) is 3.49. The minimum absolute atomic E-state index is 0.00763. The van der Waals surface area contributed by atoms with Crippen molar-refractivity contribution in [2.24, 2.45) is 17.8 Å². The molecule has 0 radical (unpaired) electrons. The van der Waals surface area contributed by atoms with Crippen LogP contribution in [0, 0.1) is 17.8 Å². The van der Waals surface area contributed by atoms with Crippen LogP contribution in [0.2, 0.25) is 0 Å². The Balaban J connectivity index is 1.10. The zero-order chi connectivity index (χ0) is 22.8. The number of hydrogen-bond acceptors (Lipinski definition) is 5. The number of hydroxylamine groups is 1. The van der Waals surface area contributed by atoms with E-state index in [4.69, 9.17) is 9.57 Å². The number of piperidine rings is 1. The maximum Gasteiger partial charge on any atom is 0.391 e. The molecule has 4 saturated heterocycles. The third kappa shape index (κ3) is 5.85. The highest BCUT2D eigenvalue weighted by molar-refractivity contribution is 4.85. The van der Waals surface area contributed by atoms with Crippen molar-refractivity contribution in [2.75, 3.05) is 45.9 Å². The van der Waals surface area contributed by atoms with Gasteiger partial charge in [-0.25, -0.2) is 4.90 Å². The van der Waals surface area contributed by atoms with Crippen LogP contribution in [0.1, 0.15) is 51.4 Å². The molecule has 0 aromatic heterocycles. The summed E-state index contributed by atoms with van der Waals surface area (Å²) in [6.45, 7) is 6.93. The van der Waals surface area contributed by atoms with Crippen LogP contribution in [0.15, 0.2) is 0 Å². The third-order valence-corrected chi connectivity index (χ3v) is 8.94. The summed E-state index contributed by atoms with van der Waals surface area (Å²) in [7, 11) is 0. The topological polar surface area (TPSA) is 66.8 Å². The summed E-state index contributed by atoms with van der Waals surface area (Å²) in [4.78, 5) is 10.2. The largest absolute Gasteiger partial charge is 0.391 e. The third-order valence-electron chi connectivity index (χ3n) is 8.94. The Labute approximate surface area is 195 Å². The molecule has 4 aliphatic heterocycles. The lowest BCUT2D eigenvalue weighted by Crippen LogP contribution is -3.15. The van der Waals surface area contributed by atoms with E-state index in [0.29, 0.717) is 49.7 Å². The first kappa shape index (κ1) is 24.2. The van der Waals surface area contributed by atoms with Crippen LogP contribution in [0.5, 0.6) is 0 Å². The molecule has 1 saturated carbocycles. The Kier molecular flexibility index (Phi) is 7.81. The number of rotatable bonds is 5. The molecule has 1 aliphatic carbocycles. The first-order chi connectivity index (χ1) is 16.0. The van der Waals surface area contributed by atoms with Crippen LogP contribution in [-0.4, -0.2) is 81.6 Å². The van der Waals surface area contributed by atoms with E-state index in [2.05, 4.69) is 21.0 Å². The number of hydrogen-bond donors (Lipinski definition) is 4. The van der Waals surface area contributed by atoms with Gasteiger partial charge in [-0.3, -0.25) is 10.2 Å².